The van der Waals surface area contributed by atoms with Crippen LogP contribution in [0.2, 0.25) is 0 Å². The summed E-state index contributed by atoms with van der Waals surface area (Å²) >= 11 is 0. The molecule has 0 radical (unpaired) electrons. The number of alkyl halides is 3. The Labute approximate surface area is 144 Å². The molecule has 0 saturated heterocycles. The number of benzene rings is 2. The van der Waals surface area contributed by atoms with Crippen LogP contribution in [-0.4, -0.2) is 12.5 Å². The van der Waals surface area contributed by atoms with Gasteiger partial charge >= 0.3 is 6.18 Å². The second kappa shape index (κ2) is 8.55. The van der Waals surface area contributed by atoms with E-state index in [-0.39, 0.29) is 12.1 Å². The predicted molar refractivity (Wildman–Crippen MR) is 90.6 cm³/mol. The molecule has 25 heavy (non-hydrogen) atoms. The zero-order chi connectivity index (χ0) is 18.3. The number of para-hydroxylation sites is 1. The van der Waals surface area contributed by atoms with Crippen LogP contribution in [0.15, 0.2) is 48.5 Å². The van der Waals surface area contributed by atoms with Gasteiger partial charge < -0.3 is 10.1 Å². The van der Waals surface area contributed by atoms with Gasteiger partial charge in [-0.05, 0) is 42.7 Å². The number of carbonyl (C=O) groups excluding carboxylic acids is 1. The fourth-order valence-corrected chi connectivity index (χ4v) is 2.30. The first-order chi connectivity index (χ1) is 11.9. The third-order valence-corrected chi connectivity index (χ3v) is 3.66. The number of halogens is 3. The second-order valence-electron chi connectivity index (χ2n) is 5.54. The summed E-state index contributed by atoms with van der Waals surface area (Å²) in [5.74, 6) is 0.238. The van der Waals surface area contributed by atoms with Crippen LogP contribution in [-0.2, 0) is 17.4 Å². The summed E-state index contributed by atoms with van der Waals surface area (Å²) in [5.41, 5.74) is 0.127. The van der Waals surface area contributed by atoms with Crippen LogP contribution in [0.25, 0.3) is 0 Å². The molecule has 134 valence electrons. The summed E-state index contributed by atoms with van der Waals surface area (Å²) in [6.45, 7) is 2.38. The minimum absolute atomic E-state index is 0.0826. The maximum atomic E-state index is 12.9. The van der Waals surface area contributed by atoms with Crippen LogP contribution in [0.3, 0.4) is 0 Å². The Morgan fingerprint density at radius 2 is 1.76 bits per heavy atom. The molecule has 2 aromatic rings. The van der Waals surface area contributed by atoms with Gasteiger partial charge in [-0.1, -0.05) is 31.2 Å². The van der Waals surface area contributed by atoms with Crippen LogP contribution in [0.4, 0.5) is 18.9 Å². The van der Waals surface area contributed by atoms with E-state index in [9.17, 15) is 18.0 Å². The zero-order valence-electron chi connectivity index (χ0n) is 13.9. The molecule has 0 aliphatic carbocycles. The highest BCUT2D eigenvalue weighted by atomic mass is 19.4. The van der Waals surface area contributed by atoms with Crippen molar-refractivity contribution in [1.82, 2.24) is 0 Å². The predicted octanol–water partition coefficient (Wildman–Crippen LogP) is 5.07. The Bertz CT molecular complexity index is 697. The summed E-state index contributed by atoms with van der Waals surface area (Å²) in [4.78, 5) is 11.9. The number of hydrogen-bond acceptors (Lipinski definition) is 2. The van der Waals surface area contributed by atoms with E-state index < -0.39 is 17.6 Å². The smallest absolute Gasteiger partial charge is 0.418 e. The number of ether oxygens (including phenoxy) is 1. The largest absolute Gasteiger partial charge is 0.494 e. The lowest BCUT2D eigenvalue weighted by Crippen LogP contribution is -2.17. The minimum Gasteiger partial charge on any atom is -0.494 e. The van der Waals surface area contributed by atoms with E-state index in [1.165, 1.54) is 23.8 Å². The molecule has 1 amide bonds. The Kier molecular flexibility index (Phi) is 6.44. The molecule has 0 aliphatic rings. The molecule has 0 aromatic heterocycles. The Hall–Kier alpha value is -2.50. The van der Waals surface area contributed by atoms with Gasteiger partial charge in [0.1, 0.15) is 5.75 Å². The van der Waals surface area contributed by atoms with Crippen LogP contribution in [0, 0.1) is 0 Å². The third-order valence-electron chi connectivity index (χ3n) is 3.66. The highest BCUT2D eigenvalue weighted by molar-refractivity contribution is 5.91. The normalized spacial score (nSPS) is 11.2. The monoisotopic (exact) mass is 351 g/mol. The molecule has 0 unspecified atom stereocenters. The summed E-state index contributed by atoms with van der Waals surface area (Å²) in [6.07, 6.45) is -3.06. The lowest BCUT2D eigenvalue weighted by Gasteiger charge is -2.13. The van der Waals surface area contributed by atoms with Gasteiger partial charge in [0.25, 0.3) is 0 Å². The maximum Gasteiger partial charge on any atom is 0.418 e. The van der Waals surface area contributed by atoms with E-state index in [0.29, 0.717) is 18.8 Å². The molecule has 6 heteroatoms. The Balaban J connectivity index is 1.79. The molecule has 2 rings (SSSR count). The fourth-order valence-electron chi connectivity index (χ4n) is 2.30. The molecular formula is C19H20F3NO2. The van der Waals surface area contributed by atoms with Gasteiger partial charge in [-0.2, -0.15) is 13.2 Å². The third kappa shape index (κ3) is 5.81. The van der Waals surface area contributed by atoms with Crippen LogP contribution in [0.5, 0.6) is 5.75 Å². The number of aryl methyl sites for hydroxylation is 1. The molecule has 1 N–H and O–H groups in total. The van der Waals surface area contributed by atoms with Gasteiger partial charge in [0.2, 0.25) is 5.91 Å². The quantitative estimate of drug-likeness (QED) is 0.708. The Morgan fingerprint density at radius 3 is 2.40 bits per heavy atom. The average molecular weight is 351 g/mol. The van der Waals surface area contributed by atoms with E-state index in [0.717, 1.165) is 12.5 Å². The average Bonchev–Trinajstić information content (AvgIpc) is 2.59. The van der Waals surface area contributed by atoms with Crippen molar-refractivity contribution in [2.45, 2.75) is 32.4 Å². The highest BCUT2D eigenvalue weighted by Crippen LogP contribution is 2.34. The molecule has 0 saturated carbocycles. The van der Waals surface area contributed by atoms with Gasteiger partial charge in [-0.15, -0.1) is 0 Å². The van der Waals surface area contributed by atoms with E-state index in [1.807, 2.05) is 24.3 Å². The standard InChI is InChI=1S/C19H20F3NO2/c1-2-14-9-11-15(12-10-14)25-13-5-8-18(24)23-17-7-4-3-6-16(17)19(20,21)22/h3-4,6-7,9-12H,2,5,8,13H2,1H3,(H,23,24). The van der Waals surface area contributed by atoms with E-state index in [4.69, 9.17) is 4.74 Å². The van der Waals surface area contributed by atoms with Crippen molar-refractivity contribution in [3.8, 4) is 5.75 Å². The molecular weight excluding hydrogens is 331 g/mol. The van der Waals surface area contributed by atoms with Crippen molar-refractivity contribution < 1.29 is 22.7 Å². The summed E-state index contributed by atoms with van der Waals surface area (Å²) in [6, 6.07) is 12.6. The maximum absolute atomic E-state index is 12.9. The van der Waals surface area contributed by atoms with Crippen molar-refractivity contribution in [3.63, 3.8) is 0 Å². The van der Waals surface area contributed by atoms with Gasteiger partial charge in [0.05, 0.1) is 17.9 Å². The number of amides is 1. The van der Waals surface area contributed by atoms with Gasteiger partial charge in [-0.3, -0.25) is 4.79 Å². The lowest BCUT2D eigenvalue weighted by molar-refractivity contribution is -0.137. The van der Waals surface area contributed by atoms with E-state index >= 15 is 0 Å². The minimum atomic E-state index is -4.50. The van der Waals surface area contributed by atoms with Gasteiger partial charge in [-0.25, -0.2) is 0 Å². The first-order valence-corrected chi connectivity index (χ1v) is 8.08. The van der Waals surface area contributed by atoms with Crippen LogP contribution >= 0.6 is 0 Å². The number of carbonyl (C=O) groups is 1. The first-order valence-electron chi connectivity index (χ1n) is 8.08. The molecule has 0 aliphatic heterocycles. The molecule has 0 spiro atoms. The highest BCUT2D eigenvalue weighted by Gasteiger charge is 2.33. The summed E-state index contributed by atoms with van der Waals surface area (Å²) in [5, 5.41) is 2.32. The van der Waals surface area contributed by atoms with Crippen LogP contribution < -0.4 is 10.1 Å². The van der Waals surface area contributed by atoms with E-state index in [1.54, 1.807) is 0 Å². The fraction of sp³-hybridized carbons (Fsp3) is 0.316. The number of anilines is 1. The van der Waals surface area contributed by atoms with Crippen molar-refractivity contribution in [2.75, 3.05) is 11.9 Å². The number of hydrogen-bond donors (Lipinski definition) is 1. The van der Waals surface area contributed by atoms with Crippen molar-refractivity contribution in [1.29, 1.82) is 0 Å². The molecule has 0 fully saturated rings. The topological polar surface area (TPSA) is 38.3 Å². The molecule has 0 heterocycles. The lowest BCUT2D eigenvalue weighted by atomic mass is 10.1. The molecule has 2 aromatic carbocycles. The first kappa shape index (κ1) is 18.8. The second-order valence-corrected chi connectivity index (χ2v) is 5.54. The summed E-state index contributed by atoms with van der Waals surface area (Å²) in [7, 11) is 0. The number of nitrogens with one attached hydrogen (secondary N) is 1. The Morgan fingerprint density at radius 1 is 1.08 bits per heavy atom. The molecule has 3 nitrogen and oxygen atoms in total. The number of rotatable bonds is 7. The van der Waals surface area contributed by atoms with Crippen molar-refractivity contribution in [2.24, 2.45) is 0 Å². The van der Waals surface area contributed by atoms with E-state index in [2.05, 4.69) is 12.2 Å². The SMILES string of the molecule is CCc1ccc(OCCCC(=O)Nc2ccccc2C(F)(F)F)cc1. The van der Waals surface area contributed by atoms with Gasteiger partial charge in [0.15, 0.2) is 0 Å². The zero-order valence-corrected chi connectivity index (χ0v) is 13.9. The summed E-state index contributed by atoms with van der Waals surface area (Å²) < 4.78 is 44.2. The molecule has 0 atom stereocenters. The molecule has 0 bridgehead atoms. The van der Waals surface area contributed by atoms with Crippen LogP contribution in [0.1, 0.15) is 30.9 Å². The van der Waals surface area contributed by atoms with Gasteiger partial charge in [0, 0.05) is 6.42 Å². The van der Waals surface area contributed by atoms with Crippen molar-refractivity contribution >= 4 is 11.6 Å². The van der Waals surface area contributed by atoms with Crippen molar-refractivity contribution in [3.05, 3.63) is 59.7 Å².